The van der Waals surface area contributed by atoms with Gasteiger partial charge in [-0.15, -0.1) is 0 Å². The number of nitro benzene ring substituents is 1. The minimum absolute atomic E-state index is 0. The highest BCUT2D eigenvalue weighted by Gasteiger charge is 2.45. The quantitative estimate of drug-likeness (QED) is 0.242. The van der Waals surface area contributed by atoms with Crippen LogP contribution in [0.15, 0.2) is 115 Å². The van der Waals surface area contributed by atoms with Gasteiger partial charge in [0.25, 0.3) is 5.69 Å². The first kappa shape index (κ1) is 21.9. The van der Waals surface area contributed by atoms with Gasteiger partial charge < -0.3 is 17.0 Å². The van der Waals surface area contributed by atoms with E-state index in [1.54, 1.807) is 12.1 Å². The van der Waals surface area contributed by atoms with Crippen LogP contribution in [-0.4, -0.2) is 4.92 Å². The number of rotatable bonds is 6. The maximum Gasteiger partial charge on any atom is 0.269 e. The molecule has 4 aromatic rings. The first-order valence-corrected chi connectivity index (χ1v) is 11.5. The van der Waals surface area contributed by atoms with E-state index in [9.17, 15) is 10.1 Å². The van der Waals surface area contributed by atoms with Gasteiger partial charge in [0.2, 0.25) is 0 Å². The highest BCUT2D eigenvalue weighted by molar-refractivity contribution is 7.95. The average molecular weight is 478 g/mol. The lowest BCUT2D eigenvalue weighted by atomic mass is 10.2. The molecule has 150 valence electrons. The van der Waals surface area contributed by atoms with Crippen LogP contribution in [0.2, 0.25) is 0 Å². The van der Waals surface area contributed by atoms with Gasteiger partial charge in [0, 0.05) is 12.1 Å². The van der Waals surface area contributed by atoms with Gasteiger partial charge in [0.05, 0.1) is 11.1 Å². The van der Waals surface area contributed by atoms with Crippen LogP contribution in [0.25, 0.3) is 0 Å². The summed E-state index contributed by atoms with van der Waals surface area (Å²) in [6.45, 7) is 0. The summed E-state index contributed by atoms with van der Waals surface area (Å²) in [6, 6.07) is 38.9. The molecule has 0 aromatic heterocycles. The van der Waals surface area contributed by atoms with Crippen LogP contribution in [0.5, 0.6) is 0 Å². The third kappa shape index (κ3) is 4.35. The topological polar surface area (TPSA) is 43.1 Å². The first-order chi connectivity index (χ1) is 14.2. The SMILES string of the molecule is O=[N+]([O-])c1ccc(C[P+](c2ccccc2)(c2ccccc2)c2ccccc2)cc1.[Br-]. The third-order valence-corrected chi connectivity index (χ3v) is 9.54. The standard InChI is InChI=1S/C25H21NO2P.BrH/c27-26(28)22-18-16-21(17-19-22)20-29(23-10-4-1-5-11-23,24-12-6-2-7-13-24)25-14-8-3-9-15-25;/h1-19H,20H2;1H/q+1;/p-1. The van der Waals surface area contributed by atoms with Crippen molar-refractivity contribution in [3.05, 3.63) is 131 Å². The minimum atomic E-state index is -1.98. The predicted octanol–water partition coefficient (Wildman–Crippen LogP) is 2.09. The predicted molar refractivity (Wildman–Crippen MR) is 122 cm³/mol. The Balaban J connectivity index is 0.00000256. The van der Waals surface area contributed by atoms with Gasteiger partial charge in [-0.1, -0.05) is 54.6 Å². The van der Waals surface area contributed by atoms with Gasteiger partial charge in [0.1, 0.15) is 23.2 Å². The monoisotopic (exact) mass is 477 g/mol. The zero-order valence-corrected chi connectivity index (χ0v) is 18.7. The summed E-state index contributed by atoms with van der Waals surface area (Å²) in [5.74, 6) is 0. The summed E-state index contributed by atoms with van der Waals surface area (Å²) in [4.78, 5) is 10.7. The van der Waals surface area contributed by atoms with Crippen molar-refractivity contribution in [2.24, 2.45) is 0 Å². The number of halogens is 1. The average Bonchev–Trinajstić information content (AvgIpc) is 2.79. The summed E-state index contributed by atoms with van der Waals surface area (Å²) < 4.78 is 0. The van der Waals surface area contributed by atoms with Crippen LogP contribution < -0.4 is 32.9 Å². The Bertz CT molecular complexity index is 992. The molecule has 5 heteroatoms. The molecule has 0 fully saturated rings. The summed E-state index contributed by atoms with van der Waals surface area (Å²) in [7, 11) is -1.98. The molecule has 3 nitrogen and oxygen atoms in total. The van der Waals surface area contributed by atoms with E-state index < -0.39 is 7.26 Å². The second kappa shape index (κ2) is 9.80. The van der Waals surface area contributed by atoms with Crippen LogP contribution in [0, 0.1) is 10.1 Å². The third-order valence-electron chi connectivity index (χ3n) is 5.16. The molecule has 0 radical (unpaired) electrons. The second-order valence-corrected chi connectivity index (χ2v) is 10.4. The van der Waals surface area contributed by atoms with E-state index in [1.165, 1.54) is 15.9 Å². The van der Waals surface area contributed by atoms with E-state index in [0.29, 0.717) is 0 Å². The van der Waals surface area contributed by atoms with Crippen molar-refractivity contribution in [2.45, 2.75) is 6.16 Å². The fourth-order valence-electron chi connectivity index (χ4n) is 3.77. The van der Waals surface area contributed by atoms with Crippen LogP contribution >= 0.6 is 7.26 Å². The van der Waals surface area contributed by atoms with Crippen molar-refractivity contribution in [1.82, 2.24) is 0 Å². The molecule has 0 atom stereocenters. The molecule has 0 aliphatic rings. The van der Waals surface area contributed by atoms with E-state index in [-0.39, 0.29) is 27.6 Å². The molecular weight excluding hydrogens is 457 g/mol. The van der Waals surface area contributed by atoms with E-state index in [1.807, 2.05) is 30.3 Å². The van der Waals surface area contributed by atoms with Crippen molar-refractivity contribution in [1.29, 1.82) is 0 Å². The van der Waals surface area contributed by atoms with Gasteiger partial charge in [-0.05, 0) is 54.1 Å². The Kier molecular flexibility index (Phi) is 7.15. The lowest BCUT2D eigenvalue weighted by Gasteiger charge is -2.27. The largest absolute Gasteiger partial charge is 1.00 e. The summed E-state index contributed by atoms with van der Waals surface area (Å²) in [6.07, 6.45) is 0.809. The zero-order chi connectivity index (χ0) is 20.1. The fraction of sp³-hybridized carbons (Fsp3) is 0.0400. The number of nitrogens with zero attached hydrogens (tertiary/aromatic N) is 1. The molecule has 4 aromatic carbocycles. The number of nitro groups is 1. The molecule has 0 bridgehead atoms. The highest BCUT2D eigenvalue weighted by atomic mass is 79.9. The molecule has 4 rings (SSSR count). The Labute approximate surface area is 187 Å². The summed E-state index contributed by atoms with van der Waals surface area (Å²) >= 11 is 0. The van der Waals surface area contributed by atoms with Crippen LogP contribution in [-0.2, 0) is 6.16 Å². The zero-order valence-electron chi connectivity index (χ0n) is 16.3. The normalized spacial score (nSPS) is 10.8. The molecule has 0 unspecified atom stereocenters. The maximum atomic E-state index is 11.1. The van der Waals surface area contributed by atoms with Gasteiger partial charge in [0.15, 0.2) is 0 Å². The number of non-ortho nitro benzene ring substituents is 1. The number of benzene rings is 4. The van der Waals surface area contributed by atoms with Crippen molar-refractivity contribution in [3.63, 3.8) is 0 Å². The molecule has 0 spiro atoms. The van der Waals surface area contributed by atoms with Crippen LogP contribution in [0.3, 0.4) is 0 Å². The first-order valence-electron chi connectivity index (χ1n) is 9.48. The molecular formula is C25H21BrNO2P. The van der Waals surface area contributed by atoms with E-state index in [4.69, 9.17) is 0 Å². The van der Waals surface area contributed by atoms with E-state index in [0.717, 1.165) is 11.7 Å². The Morgan fingerprint density at radius 3 is 1.30 bits per heavy atom. The summed E-state index contributed by atoms with van der Waals surface area (Å²) in [5, 5.41) is 15.0. The fourth-order valence-corrected chi connectivity index (χ4v) is 8.01. The lowest BCUT2D eigenvalue weighted by molar-refractivity contribution is -0.384. The van der Waals surface area contributed by atoms with Gasteiger partial charge in [-0.25, -0.2) is 0 Å². The lowest BCUT2D eigenvalue weighted by Crippen LogP contribution is -3.00. The van der Waals surface area contributed by atoms with E-state index >= 15 is 0 Å². The van der Waals surface area contributed by atoms with Crippen molar-refractivity contribution >= 4 is 28.9 Å². The molecule has 0 aliphatic heterocycles. The number of hydrogen-bond acceptors (Lipinski definition) is 2. The van der Waals surface area contributed by atoms with Crippen molar-refractivity contribution in [3.8, 4) is 0 Å². The van der Waals surface area contributed by atoms with Crippen molar-refractivity contribution in [2.75, 3.05) is 0 Å². The van der Waals surface area contributed by atoms with E-state index in [2.05, 4.69) is 72.8 Å². The van der Waals surface area contributed by atoms with Gasteiger partial charge in [-0.2, -0.15) is 0 Å². The number of hydrogen-bond donors (Lipinski definition) is 0. The molecule has 0 aliphatic carbocycles. The van der Waals surface area contributed by atoms with Crippen LogP contribution in [0.4, 0.5) is 5.69 Å². The molecule has 0 heterocycles. The Hall–Kier alpha value is -2.81. The molecule has 30 heavy (non-hydrogen) atoms. The maximum absolute atomic E-state index is 11.1. The Morgan fingerprint density at radius 2 is 0.967 bits per heavy atom. The molecule has 0 amide bonds. The van der Waals surface area contributed by atoms with Gasteiger partial charge in [-0.3, -0.25) is 10.1 Å². The summed E-state index contributed by atoms with van der Waals surface area (Å²) in [5.41, 5.74) is 1.22. The van der Waals surface area contributed by atoms with Crippen LogP contribution in [0.1, 0.15) is 5.56 Å². The second-order valence-electron chi connectivity index (χ2n) is 6.90. The van der Waals surface area contributed by atoms with Crippen molar-refractivity contribution < 1.29 is 21.9 Å². The smallest absolute Gasteiger partial charge is 0.269 e. The highest BCUT2D eigenvalue weighted by Crippen LogP contribution is 2.58. The Morgan fingerprint density at radius 1 is 0.600 bits per heavy atom. The minimum Gasteiger partial charge on any atom is -1.00 e. The van der Waals surface area contributed by atoms with Gasteiger partial charge >= 0.3 is 0 Å². The molecule has 0 saturated heterocycles. The molecule has 0 N–H and O–H groups in total. The molecule has 0 saturated carbocycles.